The minimum absolute atomic E-state index is 0.0199. The van der Waals surface area contributed by atoms with Gasteiger partial charge in [0.2, 0.25) is 0 Å². The second kappa shape index (κ2) is 8.55. The Hall–Kier alpha value is -3.75. The van der Waals surface area contributed by atoms with Gasteiger partial charge in [-0.05, 0) is 51.5 Å². The summed E-state index contributed by atoms with van der Waals surface area (Å²) in [5.74, 6) is -2.50. The highest BCUT2D eigenvalue weighted by Gasteiger charge is 2.40. The standard InChI is InChI=1S/C22H23N3O6/c1-13-8-7-11-23-16(13)12-17(24-21(29)30-22(2,3)4)20(28)31-25-18(26)14-9-5-6-10-15(14)19(25)27/h5-11,17H,12H2,1-4H3,(H,24,29). The van der Waals surface area contributed by atoms with E-state index in [9.17, 15) is 19.2 Å². The second-order valence-electron chi connectivity index (χ2n) is 8.03. The molecule has 1 unspecified atom stereocenters. The first-order valence-corrected chi connectivity index (χ1v) is 9.66. The monoisotopic (exact) mass is 425 g/mol. The van der Waals surface area contributed by atoms with Crippen LogP contribution in [0.5, 0.6) is 0 Å². The van der Waals surface area contributed by atoms with Crippen LogP contribution in [-0.4, -0.2) is 45.6 Å². The Morgan fingerprint density at radius 1 is 1.06 bits per heavy atom. The molecule has 0 saturated carbocycles. The quantitative estimate of drug-likeness (QED) is 0.732. The lowest BCUT2D eigenvalue weighted by molar-refractivity contribution is -0.171. The number of nitrogens with one attached hydrogen (secondary N) is 1. The summed E-state index contributed by atoms with van der Waals surface area (Å²) in [4.78, 5) is 59.5. The third kappa shape index (κ3) is 5.06. The summed E-state index contributed by atoms with van der Waals surface area (Å²) in [7, 11) is 0. The van der Waals surface area contributed by atoms with E-state index in [4.69, 9.17) is 9.57 Å². The maximum Gasteiger partial charge on any atom is 0.408 e. The fraction of sp³-hybridized carbons (Fsp3) is 0.318. The number of carbonyl (C=O) groups excluding carboxylic acids is 4. The molecule has 0 saturated heterocycles. The molecule has 2 heterocycles. The number of hydrogen-bond donors (Lipinski definition) is 1. The maximum absolute atomic E-state index is 12.9. The fourth-order valence-corrected chi connectivity index (χ4v) is 2.97. The van der Waals surface area contributed by atoms with Gasteiger partial charge in [-0.1, -0.05) is 23.3 Å². The summed E-state index contributed by atoms with van der Waals surface area (Å²) in [5, 5.41) is 2.85. The molecule has 0 fully saturated rings. The Labute approximate surface area is 179 Å². The molecule has 1 aliphatic rings. The first-order valence-electron chi connectivity index (χ1n) is 9.66. The molecule has 0 spiro atoms. The molecule has 9 heteroatoms. The summed E-state index contributed by atoms with van der Waals surface area (Å²) in [6.45, 7) is 6.85. The van der Waals surface area contributed by atoms with E-state index in [2.05, 4.69) is 10.3 Å². The van der Waals surface area contributed by atoms with Gasteiger partial charge in [0, 0.05) is 18.3 Å². The Morgan fingerprint density at radius 2 is 1.68 bits per heavy atom. The van der Waals surface area contributed by atoms with E-state index in [1.54, 1.807) is 45.2 Å². The smallest absolute Gasteiger partial charge is 0.408 e. The van der Waals surface area contributed by atoms with Crippen molar-refractivity contribution in [3.8, 4) is 0 Å². The number of fused-ring (bicyclic) bond motifs is 1. The number of aromatic nitrogens is 1. The van der Waals surface area contributed by atoms with Crippen molar-refractivity contribution < 1.29 is 28.8 Å². The van der Waals surface area contributed by atoms with Gasteiger partial charge in [0.15, 0.2) is 0 Å². The average Bonchev–Trinajstić information content (AvgIpc) is 2.93. The Kier molecular flexibility index (Phi) is 6.05. The van der Waals surface area contributed by atoms with Crippen LogP contribution in [0.2, 0.25) is 0 Å². The van der Waals surface area contributed by atoms with Gasteiger partial charge in [0.1, 0.15) is 11.6 Å². The molecule has 1 atom stereocenters. The molecule has 0 bridgehead atoms. The van der Waals surface area contributed by atoms with Crippen molar-refractivity contribution in [1.29, 1.82) is 0 Å². The van der Waals surface area contributed by atoms with Crippen LogP contribution in [0.1, 0.15) is 52.7 Å². The molecule has 2 aromatic rings. The Balaban J connectivity index is 1.80. The number of benzene rings is 1. The zero-order valence-electron chi connectivity index (χ0n) is 17.7. The van der Waals surface area contributed by atoms with Crippen molar-refractivity contribution >= 4 is 23.9 Å². The lowest BCUT2D eigenvalue weighted by Crippen LogP contribution is -2.48. The SMILES string of the molecule is Cc1cccnc1CC(NC(=O)OC(C)(C)C)C(=O)ON1C(=O)c2ccccc2C1=O. The van der Waals surface area contributed by atoms with Crippen LogP contribution in [0, 0.1) is 6.92 Å². The zero-order valence-corrected chi connectivity index (χ0v) is 17.7. The van der Waals surface area contributed by atoms with Crippen LogP contribution in [0.25, 0.3) is 0 Å². The zero-order chi connectivity index (χ0) is 22.8. The number of hydrogen-bond acceptors (Lipinski definition) is 7. The summed E-state index contributed by atoms with van der Waals surface area (Å²) in [6, 6.07) is 8.45. The van der Waals surface area contributed by atoms with E-state index in [0.29, 0.717) is 10.8 Å². The molecule has 0 aliphatic carbocycles. The van der Waals surface area contributed by atoms with Gasteiger partial charge in [-0.3, -0.25) is 14.6 Å². The van der Waals surface area contributed by atoms with Gasteiger partial charge in [-0.15, -0.1) is 0 Å². The highest BCUT2D eigenvalue weighted by Crippen LogP contribution is 2.23. The molecule has 162 valence electrons. The van der Waals surface area contributed by atoms with Crippen LogP contribution in [0.15, 0.2) is 42.6 Å². The van der Waals surface area contributed by atoms with Crippen LogP contribution in [0.3, 0.4) is 0 Å². The van der Waals surface area contributed by atoms with E-state index in [1.807, 2.05) is 13.0 Å². The van der Waals surface area contributed by atoms with Gasteiger partial charge in [0.25, 0.3) is 11.8 Å². The molecule has 3 rings (SSSR count). The molecule has 1 aliphatic heterocycles. The molecular formula is C22H23N3O6. The summed E-state index contributed by atoms with van der Waals surface area (Å²) < 4.78 is 5.22. The molecule has 3 amide bonds. The van der Waals surface area contributed by atoms with E-state index < -0.39 is 35.5 Å². The third-order valence-corrected chi connectivity index (χ3v) is 4.43. The van der Waals surface area contributed by atoms with Crippen molar-refractivity contribution in [2.45, 2.75) is 45.8 Å². The molecular weight excluding hydrogens is 402 g/mol. The van der Waals surface area contributed by atoms with Crippen molar-refractivity contribution in [2.24, 2.45) is 0 Å². The van der Waals surface area contributed by atoms with Gasteiger partial charge < -0.3 is 14.9 Å². The highest BCUT2D eigenvalue weighted by molar-refractivity contribution is 6.20. The topological polar surface area (TPSA) is 115 Å². The van der Waals surface area contributed by atoms with Gasteiger partial charge in [0.05, 0.1) is 11.1 Å². The second-order valence-corrected chi connectivity index (χ2v) is 8.03. The number of ether oxygens (including phenoxy) is 1. The molecule has 9 nitrogen and oxygen atoms in total. The number of nitrogens with zero attached hydrogens (tertiary/aromatic N) is 2. The number of alkyl carbamates (subject to hydrolysis) is 1. The number of pyridine rings is 1. The summed E-state index contributed by atoms with van der Waals surface area (Å²) in [5.41, 5.74) is 0.826. The van der Waals surface area contributed by atoms with Crippen molar-refractivity contribution in [3.05, 3.63) is 65.0 Å². The third-order valence-electron chi connectivity index (χ3n) is 4.43. The van der Waals surface area contributed by atoms with Crippen LogP contribution < -0.4 is 5.32 Å². The molecule has 1 N–H and O–H groups in total. The number of carbonyl (C=O) groups is 4. The van der Waals surface area contributed by atoms with Gasteiger partial charge in [-0.2, -0.15) is 0 Å². The number of imide groups is 1. The minimum Gasteiger partial charge on any atom is -0.444 e. The average molecular weight is 425 g/mol. The normalized spacial score (nSPS) is 14.1. The van der Waals surface area contributed by atoms with E-state index in [-0.39, 0.29) is 17.5 Å². The van der Waals surface area contributed by atoms with Crippen molar-refractivity contribution in [2.75, 3.05) is 0 Å². The molecule has 1 aromatic heterocycles. The van der Waals surface area contributed by atoms with Crippen LogP contribution in [-0.2, 0) is 20.8 Å². The minimum atomic E-state index is -1.24. The molecule has 1 aromatic carbocycles. The highest BCUT2D eigenvalue weighted by atomic mass is 16.7. The maximum atomic E-state index is 12.9. The Morgan fingerprint density at radius 3 is 2.23 bits per heavy atom. The first kappa shape index (κ1) is 21.9. The number of amides is 3. The largest absolute Gasteiger partial charge is 0.444 e. The Bertz CT molecular complexity index is 1010. The van der Waals surface area contributed by atoms with Crippen LogP contribution >= 0.6 is 0 Å². The van der Waals surface area contributed by atoms with Gasteiger partial charge in [-0.25, -0.2) is 9.59 Å². The number of rotatable bonds is 5. The predicted octanol–water partition coefficient (Wildman–Crippen LogP) is 2.58. The molecule has 31 heavy (non-hydrogen) atoms. The number of hydroxylamine groups is 2. The summed E-state index contributed by atoms with van der Waals surface area (Å²) >= 11 is 0. The first-order chi connectivity index (χ1) is 14.6. The van der Waals surface area contributed by atoms with E-state index in [1.165, 1.54) is 12.1 Å². The van der Waals surface area contributed by atoms with E-state index in [0.717, 1.165) is 5.56 Å². The number of aryl methyl sites for hydroxylation is 1. The van der Waals surface area contributed by atoms with Crippen molar-refractivity contribution in [1.82, 2.24) is 15.4 Å². The van der Waals surface area contributed by atoms with Crippen LogP contribution in [0.4, 0.5) is 4.79 Å². The molecule has 0 radical (unpaired) electrons. The summed E-state index contributed by atoms with van der Waals surface area (Å²) in [6.07, 6.45) is 0.696. The van der Waals surface area contributed by atoms with Crippen molar-refractivity contribution in [3.63, 3.8) is 0 Å². The fourth-order valence-electron chi connectivity index (χ4n) is 2.97. The van der Waals surface area contributed by atoms with E-state index >= 15 is 0 Å². The van der Waals surface area contributed by atoms with Gasteiger partial charge >= 0.3 is 12.1 Å². The lowest BCUT2D eigenvalue weighted by atomic mass is 10.1. The predicted molar refractivity (Wildman–Crippen MR) is 109 cm³/mol. The lowest BCUT2D eigenvalue weighted by Gasteiger charge is -2.24.